The molecule has 0 aliphatic heterocycles. The summed E-state index contributed by atoms with van der Waals surface area (Å²) >= 11 is 5.98. The molecule has 4 rings (SSSR count). The summed E-state index contributed by atoms with van der Waals surface area (Å²) in [5, 5.41) is 7.68. The minimum absolute atomic E-state index is 0.289. The lowest BCUT2D eigenvalue weighted by atomic mass is 10.2. The maximum Gasteiger partial charge on any atom is 0.274 e. The smallest absolute Gasteiger partial charge is 0.274 e. The van der Waals surface area contributed by atoms with Gasteiger partial charge in [-0.1, -0.05) is 35.9 Å². The maximum absolute atomic E-state index is 12.5. The number of nitrogens with one attached hydrogen (secondary N) is 2. The molecule has 0 bridgehead atoms. The second kappa shape index (κ2) is 7.43. The fourth-order valence-electron chi connectivity index (χ4n) is 2.73. The summed E-state index contributed by atoms with van der Waals surface area (Å²) in [4.78, 5) is 21.1. The molecule has 0 aliphatic rings. The predicted octanol–water partition coefficient (Wildman–Crippen LogP) is 5.28. The molecule has 2 aromatic carbocycles. The SMILES string of the molecule is O=C(Nc1cccc2cccnc12)c1ccc(Nc2cccc(Cl)c2)cn1. The van der Waals surface area contributed by atoms with Gasteiger partial charge in [0, 0.05) is 22.3 Å². The summed E-state index contributed by atoms with van der Waals surface area (Å²) in [7, 11) is 0. The van der Waals surface area contributed by atoms with E-state index in [1.807, 2.05) is 48.5 Å². The van der Waals surface area contributed by atoms with Crippen molar-refractivity contribution in [2.24, 2.45) is 0 Å². The number of hydrogen-bond acceptors (Lipinski definition) is 4. The van der Waals surface area contributed by atoms with Crippen LogP contribution in [0, 0.1) is 0 Å². The Morgan fingerprint density at radius 3 is 2.56 bits per heavy atom. The van der Waals surface area contributed by atoms with Crippen LogP contribution in [0.25, 0.3) is 10.9 Å². The zero-order chi connectivity index (χ0) is 18.6. The van der Waals surface area contributed by atoms with Gasteiger partial charge in [0.2, 0.25) is 0 Å². The van der Waals surface area contributed by atoms with E-state index in [1.165, 1.54) is 0 Å². The van der Waals surface area contributed by atoms with Gasteiger partial charge in [-0.05, 0) is 42.5 Å². The van der Waals surface area contributed by atoms with Crippen LogP contribution < -0.4 is 10.6 Å². The summed E-state index contributed by atoms with van der Waals surface area (Å²) in [5.74, 6) is -0.289. The minimum atomic E-state index is -0.289. The van der Waals surface area contributed by atoms with Crippen molar-refractivity contribution in [1.82, 2.24) is 9.97 Å². The molecule has 2 aromatic heterocycles. The third-order valence-electron chi connectivity index (χ3n) is 3.99. The Bertz CT molecular complexity index is 1110. The van der Waals surface area contributed by atoms with Crippen molar-refractivity contribution >= 4 is 45.5 Å². The zero-order valence-electron chi connectivity index (χ0n) is 14.2. The highest BCUT2D eigenvalue weighted by Crippen LogP contribution is 2.22. The number of nitrogens with zero attached hydrogens (tertiary/aromatic N) is 2. The van der Waals surface area contributed by atoms with Crippen LogP contribution in [0.5, 0.6) is 0 Å². The highest BCUT2D eigenvalue weighted by molar-refractivity contribution is 6.30. The van der Waals surface area contributed by atoms with Gasteiger partial charge in [0.05, 0.1) is 23.1 Å². The number of anilines is 3. The van der Waals surface area contributed by atoms with Crippen LogP contribution in [-0.4, -0.2) is 15.9 Å². The molecule has 1 amide bonds. The number of pyridine rings is 2. The Hall–Kier alpha value is -3.44. The Morgan fingerprint density at radius 2 is 1.74 bits per heavy atom. The second-order valence-corrected chi connectivity index (χ2v) is 6.34. The monoisotopic (exact) mass is 374 g/mol. The van der Waals surface area contributed by atoms with Crippen LogP contribution in [-0.2, 0) is 0 Å². The molecule has 0 atom stereocenters. The zero-order valence-corrected chi connectivity index (χ0v) is 14.9. The van der Waals surface area contributed by atoms with E-state index >= 15 is 0 Å². The number of halogens is 1. The van der Waals surface area contributed by atoms with Crippen molar-refractivity contribution in [3.63, 3.8) is 0 Å². The van der Waals surface area contributed by atoms with Crippen molar-refractivity contribution in [1.29, 1.82) is 0 Å². The molecule has 0 saturated heterocycles. The molecular formula is C21H15ClN4O. The van der Waals surface area contributed by atoms with Crippen molar-refractivity contribution in [2.45, 2.75) is 0 Å². The van der Waals surface area contributed by atoms with E-state index in [4.69, 9.17) is 11.6 Å². The second-order valence-electron chi connectivity index (χ2n) is 5.90. The van der Waals surface area contributed by atoms with Gasteiger partial charge in [-0.3, -0.25) is 9.78 Å². The number of carbonyl (C=O) groups is 1. The first kappa shape index (κ1) is 17.0. The van der Waals surface area contributed by atoms with Crippen LogP contribution in [0.1, 0.15) is 10.5 Å². The molecule has 2 N–H and O–H groups in total. The fraction of sp³-hybridized carbons (Fsp3) is 0. The molecule has 27 heavy (non-hydrogen) atoms. The van der Waals surface area contributed by atoms with Crippen LogP contribution in [0.3, 0.4) is 0 Å². The van der Waals surface area contributed by atoms with Crippen molar-refractivity contribution in [3.8, 4) is 0 Å². The largest absolute Gasteiger partial charge is 0.354 e. The standard InChI is InChI=1S/C21H15ClN4O/c22-15-6-2-7-16(12-15)25-17-9-10-19(24-13-17)21(27)26-18-8-1-4-14-5-3-11-23-20(14)18/h1-13,25H,(H,26,27). The lowest BCUT2D eigenvalue weighted by Gasteiger charge is -2.09. The Morgan fingerprint density at radius 1 is 0.889 bits per heavy atom. The van der Waals surface area contributed by atoms with Crippen LogP contribution in [0.15, 0.2) is 79.1 Å². The van der Waals surface area contributed by atoms with E-state index in [-0.39, 0.29) is 5.91 Å². The van der Waals surface area contributed by atoms with Crippen LogP contribution >= 0.6 is 11.6 Å². The quantitative estimate of drug-likeness (QED) is 0.510. The lowest BCUT2D eigenvalue weighted by molar-refractivity contribution is 0.102. The first-order chi connectivity index (χ1) is 13.2. The Balaban J connectivity index is 1.51. The van der Waals surface area contributed by atoms with E-state index in [9.17, 15) is 4.79 Å². The highest BCUT2D eigenvalue weighted by Gasteiger charge is 2.10. The van der Waals surface area contributed by atoms with Gasteiger partial charge in [0.15, 0.2) is 0 Å². The number of para-hydroxylation sites is 1. The molecule has 0 aliphatic carbocycles. The summed E-state index contributed by atoms with van der Waals surface area (Å²) < 4.78 is 0. The number of carbonyl (C=O) groups excluding carboxylic acids is 1. The van der Waals surface area contributed by atoms with Crippen molar-refractivity contribution in [3.05, 3.63) is 89.8 Å². The Kier molecular flexibility index (Phi) is 4.68. The molecule has 6 heteroatoms. The first-order valence-corrected chi connectivity index (χ1v) is 8.70. The van der Waals surface area contributed by atoms with E-state index in [1.54, 1.807) is 30.6 Å². The summed E-state index contributed by atoms with van der Waals surface area (Å²) in [6, 6.07) is 20.3. The number of amides is 1. The average molecular weight is 375 g/mol. The van der Waals surface area contributed by atoms with E-state index < -0.39 is 0 Å². The average Bonchev–Trinajstić information content (AvgIpc) is 2.69. The third-order valence-corrected chi connectivity index (χ3v) is 4.23. The van der Waals surface area contributed by atoms with Gasteiger partial charge in [0.1, 0.15) is 5.69 Å². The van der Waals surface area contributed by atoms with E-state index in [0.29, 0.717) is 16.4 Å². The van der Waals surface area contributed by atoms with Gasteiger partial charge in [-0.2, -0.15) is 0 Å². The van der Waals surface area contributed by atoms with Crippen molar-refractivity contribution in [2.75, 3.05) is 10.6 Å². The predicted molar refractivity (Wildman–Crippen MR) is 109 cm³/mol. The molecule has 5 nitrogen and oxygen atoms in total. The number of aromatic nitrogens is 2. The number of hydrogen-bond donors (Lipinski definition) is 2. The van der Waals surface area contributed by atoms with Gasteiger partial charge in [-0.15, -0.1) is 0 Å². The molecule has 4 aromatic rings. The first-order valence-electron chi connectivity index (χ1n) is 8.33. The molecule has 0 saturated carbocycles. The molecule has 2 heterocycles. The summed E-state index contributed by atoms with van der Waals surface area (Å²) in [6.07, 6.45) is 3.31. The van der Waals surface area contributed by atoms with E-state index in [2.05, 4.69) is 20.6 Å². The number of rotatable bonds is 4. The molecular weight excluding hydrogens is 360 g/mol. The molecule has 0 spiro atoms. The molecule has 132 valence electrons. The number of fused-ring (bicyclic) bond motifs is 1. The highest BCUT2D eigenvalue weighted by atomic mass is 35.5. The van der Waals surface area contributed by atoms with Crippen molar-refractivity contribution < 1.29 is 4.79 Å². The molecule has 0 unspecified atom stereocenters. The van der Waals surface area contributed by atoms with Gasteiger partial charge in [0.25, 0.3) is 5.91 Å². The fourth-order valence-corrected chi connectivity index (χ4v) is 2.92. The molecule has 0 fully saturated rings. The van der Waals surface area contributed by atoms with Crippen LogP contribution in [0.2, 0.25) is 5.02 Å². The van der Waals surface area contributed by atoms with Crippen LogP contribution in [0.4, 0.5) is 17.1 Å². The lowest BCUT2D eigenvalue weighted by Crippen LogP contribution is -2.14. The summed E-state index contributed by atoms with van der Waals surface area (Å²) in [5.41, 5.74) is 3.33. The number of benzene rings is 2. The normalized spacial score (nSPS) is 10.6. The minimum Gasteiger partial charge on any atom is -0.354 e. The van der Waals surface area contributed by atoms with Gasteiger partial charge < -0.3 is 10.6 Å². The maximum atomic E-state index is 12.5. The van der Waals surface area contributed by atoms with Gasteiger partial charge >= 0.3 is 0 Å². The Labute approximate surface area is 161 Å². The van der Waals surface area contributed by atoms with E-state index in [0.717, 1.165) is 22.3 Å². The topological polar surface area (TPSA) is 66.9 Å². The summed E-state index contributed by atoms with van der Waals surface area (Å²) in [6.45, 7) is 0. The van der Waals surface area contributed by atoms with Gasteiger partial charge in [-0.25, -0.2) is 4.98 Å². The molecule has 0 radical (unpaired) electrons. The third kappa shape index (κ3) is 3.88.